The normalized spacial score (nSPS) is 9.33. The summed E-state index contributed by atoms with van der Waals surface area (Å²) in [5.41, 5.74) is 4.59. The fourth-order valence-electron chi connectivity index (χ4n) is 0.370. The molecule has 1 rings (SSSR count). The van der Waals surface area contributed by atoms with Crippen LogP contribution in [0.15, 0.2) is 10.7 Å². The first-order valence-corrected chi connectivity index (χ1v) is 2.12. The zero-order valence-corrected chi connectivity index (χ0v) is 4.33. The Morgan fingerprint density at radius 2 is 2.44 bits per heavy atom. The molecule has 47 valence electrons. The molecule has 0 fully saturated rings. The van der Waals surface area contributed by atoms with Crippen LogP contribution in [0.1, 0.15) is 10.5 Å². The first-order chi connectivity index (χ1) is 4.20. The SMILES string of the molecule is NC(=O)c1coc([O])n1. The van der Waals surface area contributed by atoms with E-state index in [-0.39, 0.29) is 5.69 Å². The molecule has 5 nitrogen and oxygen atoms in total. The van der Waals surface area contributed by atoms with Crippen molar-refractivity contribution in [2.75, 3.05) is 0 Å². The number of hydrogen-bond donors (Lipinski definition) is 1. The Kier molecular flexibility index (Phi) is 1.11. The summed E-state index contributed by atoms with van der Waals surface area (Å²) >= 11 is 0. The molecular weight excluding hydrogens is 124 g/mol. The van der Waals surface area contributed by atoms with Gasteiger partial charge in [0.25, 0.3) is 5.91 Å². The minimum atomic E-state index is -0.802. The first kappa shape index (κ1) is 5.61. The number of nitrogens with zero attached hydrogens (tertiary/aromatic N) is 1. The number of carbonyl (C=O) groups excluding carboxylic acids is 1. The predicted octanol–water partition coefficient (Wildman–Crippen LogP) is -0.0827. The first-order valence-electron chi connectivity index (χ1n) is 2.12. The maximum Gasteiger partial charge on any atom is 0.439 e. The van der Waals surface area contributed by atoms with Crippen molar-refractivity contribution in [3.8, 4) is 6.08 Å². The Balaban J connectivity index is 2.98. The number of oxazole rings is 1. The van der Waals surface area contributed by atoms with E-state index in [0.717, 1.165) is 6.26 Å². The number of amides is 1. The molecule has 0 aliphatic heterocycles. The molecule has 2 N–H and O–H groups in total. The standard InChI is InChI=1S/C4H3N2O3/c5-3(7)2-1-9-4(8)6-2/h1H,(H2,5,7). The molecule has 0 aromatic carbocycles. The van der Waals surface area contributed by atoms with Gasteiger partial charge in [-0.15, -0.1) is 0 Å². The highest BCUT2D eigenvalue weighted by atomic mass is 16.5. The summed E-state index contributed by atoms with van der Waals surface area (Å²) in [6, 6.07) is 0. The van der Waals surface area contributed by atoms with Crippen molar-refractivity contribution in [2.24, 2.45) is 5.73 Å². The van der Waals surface area contributed by atoms with E-state index in [1.807, 2.05) is 0 Å². The van der Waals surface area contributed by atoms with Gasteiger partial charge in [0.05, 0.1) is 0 Å². The Morgan fingerprint density at radius 1 is 1.78 bits per heavy atom. The summed E-state index contributed by atoms with van der Waals surface area (Å²) in [4.78, 5) is 13.3. The van der Waals surface area contributed by atoms with E-state index >= 15 is 0 Å². The van der Waals surface area contributed by atoms with Crippen LogP contribution in [0, 0.1) is 0 Å². The highest BCUT2D eigenvalue weighted by Crippen LogP contribution is 2.06. The van der Waals surface area contributed by atoms with Crippen molar-refractivity contribution in [3.63, 3.8) is 0 Å². The van der Waals surface area contributed by atoms with Crippen LogP contribution < -0.4 is 5.73 Å². The van der Waals surface area contributed by atoms with Crippen LogP contribution >= 0.6 is 0 Å². The smallest absolute Gasteiger partial charge is 0.414 e. The van der Waals surface area contributed by atoms with Crippen molar-refractivity contribution in [1.82, 2.24) is 4.98 Å². The van der Waals surface area contributed by atoms with E-state index < -0.39 is 12.0 Å². The summed E-state index contributed by atoms with van der Waals surface area (Å²) in [6.07, 6.45) is 0.119. The minimum Gasteiger partial charge on any atom is -0.414 e. The number of hydrogen-bond acceptors (Lipinski definition) is 3. The van der Waals surface area contributed by atoms with E-state index in [0.29, 0.717) is 0 Å². The number of carbonyl (C=O) groups is 1. The van der Waals surface area contributed by atoms with E-state index in [2.05, 4.69) is 9.40 Å². The van der Waals surface area contributed by atoms with E-state index in [4.69, 9.17) is 5.73 Å². The average molecular weight is 127 g/mol. The summed E-state index contributed by atoms with van der Waals surface area (Å²) in [5.74, 6) is -0.763. The Bertz CT molecular complexity index is 229. The van der Waals surface area contributed by atoms with E-state index in [1.165, 1.54) is 0 Å². The molecule has 0 aliphatic carbocycles. The van der Waals surface area contributed by atoms with Gasteiger partial charge in [0.15, 0.2) is 5.69 Å². The van der Waals surface area contributed by atoms with Gasteiger partial charge >= 0.3 is 6.08 Å². The molecule has 1 heterocycles. The molecule has 0 spiro atoms. The van der Waals surface area contributed by atoms with E-state index in [9.17, 15) is 9.90 Å². The van der Waals surface area contributed by atoms with Crippen LogP contribution in [0.4, 0.5) is 0 Å². The van der Waals surface area contributed by atoms with Gasteiger partial charge in [0, 0.05) is 0 Å². The molecule has 1 aromatic heterocycles. The topological polar surface area (TPSA) is 89.0 Å². The zero-order chi connectivity index (χ0) is 6.85. The summed E-state index contributed by atoms with van der Waals surface area (Å²) in [5, 5.41) is 10.1. The Morgan fingerprint density at radius 3 is 2.67 bits per heavy atom. The van der Waals surface area contributed by atoms with Gasteiger partial charge < -0.3 is 10.2 Å². The van der Waals surface area contributed by atoms with Gasteiger partial charge in [-0.2, -0.15) is 4.98 Å². The highest BCUT2D eigenvalue weighted by molar-refractivity contribution is 5.90. The molecule has 0 aliphatic rings. The molecule has 1 radical (unpaired) electrons. The molecule has 0 saturated heterocycles. The Labute approximate surface area is 50.1 Å². The van der Waals surface area contributed by atoms with Crippen molar-refractivity contribution in [3.05, 3.63) is 12.0 Å². The molecule has 0 unspecified atom stereocenters. The summed E-state index contributed by atoms with van der Waals surface area (Å²) in [7, 11) is 0. The summed E-state index contributed by atoms with van der Waals surface area (Å²) in [6.45, 7) is 0. The van der Waals surface area contributed by atoms with Crippen LogP contribution in [0.2, 0.25) is 0 Å². The Hall–Kier alpha value is -1.52. The zero-order valence-electron chi connectivity index (χ0n) is 4.33. The third kappa shape index (κ3) is 0.987. The third-order valence-corrected chi connectivity index (χ3v) is 0.736. The fraction of sp³-hybridized carbons (Fsp3) is 0. The van der Waals surface area contributed by atoms with Crippen LogP contribution in [0.25, 0.3) is 0 Å². The molecule has 0 atom stereocenters. The van der Waals surface area contributed by atoms with Crippen LogP contribution in [-0.4, -0.2) is 10.9 Å². The lowest BCUT2D eigenvalue weighted by molar-refractivity contribution is 0.0995. The summed E-state index contributed by atoms with van der Waals surface area (Å²) < 4.78 is 4.16. The lowest BCUT2D eigenvalue weighted by Gasteiger charge is -1.77. The lowest BCUT2D eigenvalue weighted by atomic mass is 10.5. The van der Waals surface area contributed by atoms with Crippen LogP contribution in [0.5, 0.6) is 6.08 Å². The number of aromatic nitrogens is 1. The van der Waals surface area contributed by atoms with Gasteiger partial charge in [-0.3, -0.25) is 4.79 Å². The van der Waals surface area contributed by atoms with Gasteiger partial charge in [0.2, 0.25) is 0 Å². The molecule has 1 aromatic rings. The third-order valence-electron chi connectivity index (χ3n) is 0.736. The van der Waals surface area contributed by atoms with Crippen molar-refractivity contribution >= 4 is 5.91 Å². The average Bonchev–Trinajstić information content (AvgIpc) is 2.14. The largest absolute Gasteiger partial charge is 0.439 e. The van der Waals surface area contributed by atoms with Crippen LogP contribution in [0.3, 0.4) is 0 Å². The number of rotatable bonds is 1. The number of primary amides is 1. The predicted molar refractivity (Wildman–Crippen MR) is 25.2 cm³/mol. The minimum absolute atomic E-state index is 0.139. The molecular formula is C4H3N2O3. The fourth-order valence-corrected chi connectivity index (χ4v) is 0.370. The van der Waals surface area contributed by atoms with Gasteiger partial charge in [-0.25, -0.2) is 5.11 Å². The second kappa shape index (κ2) is 1.77. The maximum atomic E-state index is 10.2. The highest BCUT2D eigenvalue weighted by Gasteiger charge is 2.06. The molecule has 0 bridgehead atoms. The molecule has 5 heteroatoms. The molecule has 1 amide bonds. The second-order valence-electron chi connectivity index (χ2n) is 1.36. The van der Waals surface area contributed by atoms with Crippen LogP contribution in [-0.2, 0) is 5.11 Å². The van der Waals surface area contributed by atoms with Gasteiger partial charge in [0.1, 0.15) is 6.26 Å². The lowest BCUT2D eigenvalue weighted by Crippen LogP contribution is -2.10. The van der Waals surface area contributed by atoms with Gasteiger partial charge in [-0.05, 0) is 0 Å². The van der Waals surface area contributed by atoms with Crippen molar-refractivity contribution in [1.29, 1.82) is 0 Å². The quantitative estimate of drug-likeness (QED) is 0.571. The van der Waals surface area contributed by atoms with Gasteiger partial charge in [-0.1, -0.05) is 0 Å². The molecule has 0 saturated carbocycles. The number of nitrogens with two attached hydrogens (primary N) is 1. The second-order valence-corrected chi connectivity index (χ2v) is 1.36. The monoisotopic (exact) mass is 127 g/mol. The van der Waals surface area contributed by atoms with Crippen molar-refractivity contribution < 1.29 is 14.3 Å². The molecule has 9 heavy (non-hydrogen) atoms. The van der Waals surface area contributed by atoms with E-state index in [1.54, 1.807) is 0 Å². The maximum absolute atomic E-state index is 10.2. The van der Waals surface area contributed by atoms with Crippen molar-refractivity contribution in [2.45, 2.75) is 0 Å².